The highest BCUT2D eigenvalue weighted by atomic mass is 16.6. The molecule has 53 heavy (non-hydrogen) atoms. The standard InChI is InChI=1S/C15H23NO.C12H18N4O4.C10H11NO.C4H10/c1-3-5-7-12-15(4-2)16-17-13-14-10-8-6-9-11-14;17-9-5-13-10(18)6-15-12(20)8-3-1-2-4-16(8)11(19)7-14-9;1-8-7-11(12-2)10-6-4-3-5-9(8)10;1-3-4-2/h6,8-11H,3-5,7,12-13H2,1-2H3;8H,1-7H2,(H,13,18)(H,14,17)(H,15,20);3-7H,1-2H3;3-4H2,1-2H3/b16-15+;;;. The molecule has 2 saturated heterocycles. The van der Waals surface area contributed by atoms with E-state index < -0.39 is 17.9 Å². The van der Waals surface area contributed by atoms with Crippen LogP contribution in [-0.4, -0.2) is 78.3 Å². The van der Waals surface area contributed by atoms with E-state index in [2.05, 4.69) is 73.9 Å². The number of nitrogens with one attached hydrogen (secondary N) is 3. The topological polar surface area (TPSA) is 143 Å². The van der Waals surface area contributed by atoms with Gasteiger partial charge in [-0.1, -0.05) is 107 Å². The van der Waals surface area contributed by atoms with E-state index in [4.69, 9.17) is 9.68 Å². The van der Waals surface area contributed by atoms with Gasteiger partial charge in [0.05, 0.1) is 30.9 Å². The Balaban J connectivity index is 0.000000268. The van der Waals surface area contributed by atoms with Crippen molar-refractivity contribution in [3.8, 4) is 0 Å². The van der Waals surface area contributed by atoms with Crippen LogP contribution in [0.25, 0.3) is 10.9 Å². The number of carbonyl (C=O) groups is 4. The highest BCUT2D eigenvalue weighted by molar-refractivity contribution is 5.94. The Morgan fingerprint density at radius 3 is 2.13 bits per heavy atom. The van der Waals surface area contributed by atoms with E-state index in [1.165, 1.54) is 59.2 Å². The minimum absolute atomic E-state index is 0.154. The maximum Gasteiger partial charge on any atom is 0.243 e. The fourth-order valence-electron chi connectivity index (χ4n) is 5.47. The number of oxime groups is 1. The molecular weight excluding hydrogens is 672 g/mol. The molecule has 3 heterocycles. The summed E-state index contributed by atoms with van der Waals surface area (Å²) in [6.07, 6.45) is 12.7. The quantitative estimate of drug-likeness (QED) is 0.131. The van der Waals surface area contributed by atoms with Crippen LogP contribution in [0.3, 0.4) is 0 Å². The van der Waals surface area contributed by atoms with E-state index in [1.54, 1.807) is 11.8 Å². The van der Waals surface area contributed by atoms with E-state index in [9.17, 15) is 19.2 Å². The van der Waals surface area contributed by atoms with Gasteiger partial charge in [-0.2, -0.15) is 4.73 Å². The molecule has 0 spiro atoms. The fourth-order valence-corrected chi connectivity index (χ4v) is 5.47. The van der Waals surface area contributed by atoms with E-state index >= 15 is 0 Å². The average molecular weight is 735 g/mol. The Kier molecular flexibility index (Phi) is 21.7. The van der Waals surface area contributed by atoms with Gasteiger partial charge >= 0.3 is 0 Å². The van der Waals surface area contributed by atoms with Crippen molar-refractivity contribution in [2.45, 2.75) is 111 Å². The second-order valence-electron chi connectivity index (χ2n) is 12.9. The largest absolute Gasteiger partial charge is 0.417 e. The summed E-state index contributed by atoms with van der Waals surface area (Å²) in [6.45, 7) is 11.3. The summed E-state index contributed by atoms with van der Waals surface area (Å²) in [5.74, 6) is -1.44. The number of hydrogen-bond donors (Lipinski definition) is 3. The third-order valence-electron chi connectivity index (χ3n) is 8.75. The molecule has 1 unspecified atom stereocenters. The first-order valence-corrected chi connectivity index (χ1v) is 19.1. The van der Waals surface area contributed by atoms with Gasteiger partial charge in [0.2, 0.25) is 23.6 Å². The predicted octanol–water partition coefficient (Wildman–Crippen LogP) is 6.09. The van der Waals surface area contributed by atoms with Gasteiger partial charge in [0.25, 0.3) is 0 Å². The van der Waals surface area contributed by atoms with E-state index in [1.807, 2.05) is 42.6 Å². The summed E-state index contributed by atoms with van der Waals surface area (Å²) in [5, 5.41) is 12.8. The van der Waals surface area contributed by atoms with Crippen LogP contribution in [0, 0.1) is 6.92 Å². The summed E-state index contributed by atoms with van der Waals surface area (Å²) < 4.78 is 1.78. The molecule has 0 radical (unpaired) electrons. The number of benzene rings is 2. The van der Waals surface area contributed by atoms with Crippen molar-refractivity contribution in [3.05, 3.63) is 71.9 Å². The van der Waals surface area contributed by atoms with E-state index in [-0.39, 0.29) is 31.4 Å². The van der Waals surface area contributed by atoms with Crippen LogP contribution in [-0.2, 0) is 30.6 Å². The van der Waals surface area contributed by atoms with Gasteiger partial charge in [-0.25, -0.2) is 0 Å². The van der Waals surface area contributed by atoms with Gasteiger partial charge in [-0.15, -0.1) is 0 Å². The molecule has 5 rings (SSSR count). The number of aryl methyl sites for hydroxylation is 1. The van der Waals surface area contributed by atoms with Crippen molar-refractivity contribution in [2.24, 2.45) is 5.16 Å². The van der Waals surface area contributed by atoms with Crippen molar-refractivity contribution in [1.82, 2.24) is 25.6 Å². The number of aromatic nitrogens is 1. The Hall–Kier alpha value is -4.87. The Morgan fingerprint density at radius 1 is 0.811 bits per heavy atom. The number of carbonyl (C=O) groups excluding carboxylic acids is 4. The number of nitrogens with zero attached hydrogens (tertiary/aromatic N) is 3. The number of hydrogen-bond acceptors (Lipinski definition) is 7. The number of amides is 4. The Bertz CT molecular complexity index is 1510. The molecule has 4 amide bonds. The van der Waals surface area contributed by atoms with Crippen LogP contribution in [0.4, 0.5) is 0 Å². The molecule has 3 N–H and O–H groups in total. The zero-order valence-electron chi connectivity index (χ0n) is 32.7. The zero-order valence-corrected chi connectivity index (χ0v) is 32.7. The smallest absolute Gasteiger partial charge is 0.243 e. The summed E-state index contributed by atoms with van der Waals surface area (Å²) >= 11 is 0. The molecule has 1 aromatic heterocycles. The fraction of sp³-hybridized carbons (Fsp3) is 0.537. The van der Waals surface area contributed by atoms with E-state index in [0.717, 1.165) is 31.2 Å². The van der Waals surface area contributed by atoms with Crippen molar-refractivity contribution < 1.29 is 28.9 Å². The molecule has 292 valence electrons. The van der Waals surface area contributed by atoms with Crippen LogP contribution in [0.15, 0.2) is 65.9 Å². The first-order valence-electron chi connectivity index (χ1n) is 19.1. The molecule has 0 saturated carbocycles. The van der Waals surface area contributed by atoms with Gasteiger partial charge in [0, 0.05) is 18.1 Å². The summed E-state index contributed by atoms with van der Waals surface area (Å²) in [5.41, 5.74) is 4.71. The van der Waals surface area contributed by atoms with Gasteiger partial charge in [-0.05, 0) is 62.6 Å². The average Bonchev–Trinajstić information content (AvgIpc) is 3.53. The summed E-state index contributed by atoms with van der Waals surface area (Å²) in [4.78, 5) is 59.0. The molecule has 12 nitrogen and oxygen atoms in total. The lowest BCUT2D eigenvalue weighted by Gasteiger charge is -2.35. The maximum atomic E-state index is 12.1. The molecule has 2 fully saturated rings. The lowest BCUT2D eigenvalue weighted by Crippen LogP contribution is -2.56. The molecule has 3 aromatic rings. The van der Waals surface area contributed by atoms with Crippen molar-refractivity contribution in [2.75, 3.05) is 33.3 Å². The lowest BCUT2D eigenvalue weighted by atomic mass is 10.0. The minimum Gasteiger partial charge on any atom is -0.417 e. The van der Waals surface area contributed by atoms with Gasteiger partial charge in [0.15, 0.2) is 0 Å². The molecule has 2 aliphatic rings. The summed E-state index contributed by atoms with van der Waals surface area (Å²) in [6, 6.07) is 17.8. The second-order valence-corrected chi connectivity index (χ2v) is 12.9. The van der Waals surface area contributed by atoms with Crippen molar-refractivity contribution in [3.63, 3.8) is 0 Å². The van der Waals surface area contributed by atoms with Crippen molar-refractivity contribution in [1.29, 1.82) is 0 Å². The van der Waals surface area contributed by atoms with Crippen LogP contribution in [0.1, 0.15) is 103 Å². The molecule has 1 atom stereocenters. The van der Waals surface area contributed by atoms with Crippen molar-refractivity contribution >= 4 is 40.2 Å². The van der Waals surface area contributed by atoms with Crippen LogP contribution >= 0.6 is 0 Å². The minimum atomic E-state index is -0.555. The maximum absolute atomic E-state index is 12.1. The van der Waals surface area contributed by atoms with E-state index in [0.29, 0.717) is 19.6 Å². The molecule has 0 aliphatic carbocycles. The van der Waals surface area contributed by atoms with Gasteiger partial charge in [0.1, 0.15) is 19.8 Å². The number of unbranched alkanes of at least 4 members (excludes halogenated alkanes) is 3. The predicted molar refractivity (Wildman–Crippen MR) is 211 cm³/mol. The molecular formula is C41H62N6O6. The first kappa shape index (κ1) is 44.3. The third-order valence-corrected chi connectivity index (χ3v) is 8.75. The molecule has 2 aromatic carbocycles. The lowest BCUT2D eigenvalue weighted by molar-refractivity contribution is -0.143. The van der Waals surface area contributed by atoms with Crippen LogP contribution < -0.4 is 20.8 Å². The number of rotatable bonds is 10. The van der Waals surface area contributed by atoms with Crippen LogP contribution in [0.2, 0.25) is 0 Å². The molecule has 12 heteroatoms. The normalized spacial score (nSPS) is 16.3. The first-order chi connectivity index (χ1) is 25.7. The SMILES string of the molecule is CCCC.CCCCC/C(CC)=N/OCc1ccccc1.COn1cc(C)c2ccccc21.O=C1CNC(=O)CNC(=O)C2CCCCN2C(=O)CN1. The van der Waals surface area contributed by atoms with Gasteiger partial charge in [-0.3, -0.25) is 19.2 Å². The summed E-state index contributed by atoms with van der Waals surface area (Å²) in [7, 11) is 1.67. The number of para-hydroxylation sites is 1. The Morgan fingerprint density at radius 2 is 1.47 bits per heavy atom. The highest BCUT2D eigenvalue weighted by Crippen LogP contribution is 2.19. The highest BCUT2D eigenvalue weighted by Gasteiger charge is 2.32. The zero-order chi connectivity index (χ0) is 38.8. The number of fused-ring (bicyclic) bond motifs is 2. The van der Waals surface area contributed by atoms with Gasteiger partial charge < -0.3 is 30.5 Å². The monoisotopic (exact) mass is 734 g/mol. The molecule has 2 aliphatic heterocycles. The Labute approximate surface area is 316 Å². The number of piperidine rings is 1. The van der Waals surface area contributed by atoms with Crippen LogP contribution in [0.5, 0.6) is 0 Å². The molecule has 0 bridgehead atoms. The third kappa shape index (κ3) is 16.6. The second kappa shape index (κ2) is 26.0.